The van der Waals surface area contributed by atoms with Gasteiger partial charge in [0.25, 0.3) is 0 Å². The molecule has 0 fully saturated rings. The highest BCUT2D eigenvalue weighted by atomic mass is 35.5. The van der Waals surface area contributed by atoms with E-state index in [1.807, 2.05) is 24.7 Å². The second kappa shape index (κ2) is 5.63. The van der Waals surface area contributed by atoms with Crippen LogP contribution >= 0.6 is 23.4 Å². The van der Waals surface area contributed by atoms with E-state index in [0.29, 0.717) is 5.69 Å². The fourth-order valence-corrected chi connectivity index (χ4v) is 3.09. The van der Waals surface area contributed by atoms with Crippen LogP contribution in [-0.4, -0.2) is 14.8 Å². The van der Waals surface area contributed by atoms with E-state index in [4.69, 9.17) is 17.3 Å². The summed E-state index contributed by atoms with van der Waals surface area (Å²) in [4.78, 5) is 4.98. The Labute approximate surface area is 116 Å². The van der Waals surface area contributed by atoms with Crippen molar-refractivity contribution in [3.05, 3.63) is 34.9 Å². The van der Waals surface area contributed by atoms with Crippen molar-refractivity contribution in [2.24, 2.45) is 7.05 Å². The van der Waals surface area contributed by atoms with Gasteiger partial charge >= 0.3 is 0 Å². The maximum atomic E-state index is 6.30. The molecule has 0 aromatic carbocycles. The highest BCUT2D eigenvalue weighted by molar-refractivity contribution is 7.98. The molecule has 2 heterocycles. The molecule has 0 saturated carbocycles. The summed E-state index contributed by atoms with van der Waals surface area (Å²) in [5.74, 6) is 0.747. The fourth-order valence-electron chi connectivity index (χ4n) is 1.65. The minimum absolute atomic E-state index is 0.691. The number of hydrogen-bond acceptors (Lipinski definition) is 4. The Bertz CT molecular complexity index is 553. The number of halogens is 1. The van der Waals surface area contributed by atoms with Gasteiger partial charge in [0.15, 0.2) is 0 Å². The molecule has 0 bridgehead atoms. The number of hydrogen-bond donors (Lipinski definition) is 1. The number of nitrogens with two attached hydrogens (primary N) is 1. The van der Waals surface area contributed by atoms with Crippen LogP contribution in [0.3, 0.4) is 0 Å². The Morgan fingerprint density at radius 1 is 1.50 bits per heavy atom. The third-order valence-electron chi connectivity index (χ3n) is 2.68. The number of anilines is 1. The molecule has 6 heteroatoms. The number of rotatable bonds is 4. The molecule has 4 nitrogen and oxygen atoms in total. The van der Waals surface area contributed by atoms with Gasteiger partial charge in [0.05, 0.1) is 28.3 Å². The number of aromatic nitrogens is 3. The molecule has 0 aliphatic rings. The van der Waals surface area contributed by atoms with Gasteiger partial charge in [-0.1, -0.05) is 18.5 Å². The Morgan fingerprint density at radius 3 is 2.89 bits per heavy atom. The van der Waals surface area contributed by atoms with Crippen LogP contribution < -0.4 is 5.73 Å². The van der Waals surface area contributed by atoms with Gasteiger partial charge in [0.2, 0.25) is 0 Å². The zero-order valence-corrected chi connectivity index (χ0v) is 11.9. The van der Waals surface area contributed by atoms with Gasteiger partial charge in [0, 0.05) is 23.9 Å². The third-order valence-corrected chi connectivity index (χ3v) is 4.21. The molecule has 0 radical (unpaired) electrons. The standard InChI is InChI=1S/C12H15ClN4S/c1-3-9-12(13)10(17(2)16-9)7-18-11-4-5-15-6-8(11)14/h4-6H,3,7,14H2,1-2H3. The average molecular weight is 283 g/mol. The maximum Gasteiger partial charge on any atom is 0.0858 e. The minimum Gasteiger partial charge on any atom is -0.397 e. The summed E-state index contributed by atoms with van der Waals surface area (Å²) in [5, 5.41) is 5.16. The molecular weight excluding hydrogens is 268 g/mol. The van der Waals surface area contributed by atoms with E-state index in [9.17, 15) is 0 Å². The van der Waals surface area contributed by atoms with Crippen molar-refractivity contribution < 1.29 is 0 Å². The molecule has 0 aliphatic heterocycles. The number of aryl methyl sites for hydroxylation is 2. The second-order valence-electron chi connectivity index (χ2n) is 3.89. The normalized spacial score (nSPS) is 10.8. The first-order chi connectivity index (χ1) is 8.63. The summed E-state index contributed by atoms with van der Waals surface area (Å²) in [7, 11) is 1.91. The van der Waals surface area contributed by atoms with Crippen LogP contribution in [0.4, 0.5) is 5.69 Å². The quantitative estimate of drug-likeness (QED) is 0.876. The van der Waals surface area contributed by atoms with Crippen molar-refractivity contribution in [3.63, 3.8) is 0 Å². The third kappa shape index (κ3) is 2.62. The first-order valence-electron chi connectivity index (χ1n) is 5.66. The predicted octanol–water partition coefficient (Wildman–Crippen LogP) is 2.91. The molecule has 2 rings (SSSR count). The molecule has 0 saturated heterocycles. The van der Waals surface area contributed by atoms with Gasteiger partial charge in [-0.2, -0.15) is 5.10 Å². The van der Waals surface area contributed by atoms with Gasteiger partial charge in [-0.25, -0.2) is 0 Å². The van der Waals surface area contributed by atoms with Crippen molar-refractivity contribution in [1.29, 1.82) is 0 Å². The molecule has 96 valence electrons. The largest absolute Gasteiger partial charge is 0.397 e. The monoisotopic (exact) mass is 282 g/mol. The first kappa shape index (κ1) is 13.2. The van der Waals surface area contributed by atoms with Gasteiger partial charge < -0.3 is 5.73 Å². The minimum atomic E-state index is 0.691. The van der Waals surface area contributed by atoms with Crippen molar-refractivity contribution in [3.8, 4) is 0 Å². The zero-order valence-electron chi connectivity index (χ0n) is 10.4. The van der Waals surface area contributed by atoms with Crippen LogP contribution in [0.1, 0.15) is 18.3 Å². The van der Waals surface area contributed by atoms with E-state index in [0.717, 1.165) is 33.5 Å². The van der Waals surface area contributed by atoms with Crippen LogP contribution in [-0.2, 0) is 19.2 Å². The molecular formula is C12H15ClN4S. The Kier molecular flexibility index (Phi) is 4.14. The van der Waals surface area contributed by atoms with Crippen LogP contribution in [0, 0.1) is 0 Å². The zero-order chi connectivity index (χ0) is 13.1. The summed E-state index contributed by atoms with van der Waals surface area (Å²) in [6.45, 7) is 2.05. The number of nitrogen functional groups attached to an aromatic ring is 1. The summed E-state index contributed by atoms with van der Waals surface area (Å²) >= 11 is 7.94. The van der Waals surface area contributed by atoms with Crippen LogP contribution in [0.25, 0.3) is 0 Å². The van der Waals surface area contributed by atoms with Crippen molar-refractivity contribution in [1.82, 2.24) is 14.8 Å². The highest BCUT2D eigenvalue weighted by Gasteiger charge is 2.13. The molecule has 2 aromatic rings. The van der Waals surface area contributed by atoms with Gasteiger partial charge in [0.1, 0.15) is 0 Å². The smallest absolute Gasteiger partial charge is 0.0858 e. The molecule has 2 N–H and O–H groups in total. The number of thioether (sulfide) groups is 1. The Morgan fingerprint density at radius 2 is 2.28 bits per heavy atom. The SMILES string of the molecule is CCc1nn(C)c(CSc2ccncc2N)c1Cl. The summed E-state index contributed by atoms with van der Waals surface area (Å²) in [5.41, 5.74) is 8.51. The van der Waals surface area contributed by atoms with E-state index in [1.165, 1.54) is 0 Å². The van der Waals surface area contributed by atoms with Crippen LogP contribution in [0.2, 0.25) is 5.02 Å². The van der Waals surface area contributed by atoms with Crippen molar-refractivity contribution >= 4 is 29.1 Å². The molecule has 0 atom stereocenters. The molecule has 2 aromatic heterocycles. The van der Waals surface area contributed by atoms with E-state index < -0.39 is 0 Å². The molecule has 0 aliphatic carbocycles. The number of pyridine rings is 1. The topological polar surface area (TPSA) is 56.7 Å². The van der Waals surface area contributed by atoms with Gasteiger partial charge in [-0.3, -0.25) is 9.67 Å². The van der Waals surface area contributed by atoms with Crippen molar-refractivity contribution in [2.45, 2.75) is 24.0 Å². The lowest BCUT2D eigenvalue weighted by atomic mass is 10.3. The summed E-state index contributed by atoms with van der Waals surface area (Å²) < 4.78 is 1.84. The lowest BCUT2D eigenvalue weighted by molar-refractivity contribution is 0.720. The predicted molar refractivity (Wildman–Crippen MR) is 75.8 cm³/mol. The Hall–Kier alpha value is -1.20. The van der Waals surface area contributed by atoms with Gasteiger partial charge in [-0.05, 0) is 12.5 Å². The van der Waals surface area contributed by atoms with E-state index >= 15 is 0 Å². The summed E-state index contributed by atoms with van der Waals surface area (Å²) in [6, 6.07) is 1.91. The van der Waals surface area contributed by atoms with Crippen LogP contribution in [0.5, 0.6) is 0 Å². The van der Waals surface area contributed by atoms with Gasteiger partial charge in [-0.15, -0.1) is 11.8 Å². The van der Waals surface area contributed by atoms with Crippen molar-refractivity contribution in [2.75, 3.05) is 5.73 Å². The fraction of sp³-hybridized carbons (Fsp3) is 0.333. The van der Waals surface area contributed by atoms with E-state index in [2.05, 4.69) is 10.1 Å². The highest BCUT2D eigenvalue weighted by Crippen LogP contribution is 2.30. The van der Waals surface area contributed by atoms with E-state index in [-0.39, 0.29) is 0 Å². The molecule has 18 heavy (non-hydrogen) atoms. The molecule has 0 amide bonds. The lowest BCUT2D eigenvalue weighted by Gasteiger charge is -2.05. The Balaban J connectivity index is 2.16. The second-order valence-corrected chi connectivity index (χ2v) is 5.28. The maximum absolute atomic E-state index is 6.30. The summed E-state index contributed by atoms with van der Waals surface area (Å²) in [6.07, 6.45) is 4.24. The molecule has 0 unspecified atom stereocenters. The average Bonchev–Trinajstić information content (AvgIpc) is 2.64. The first-order valence-corrected chi connectivity index (χ1v) is 7.02. The lowest BCUT2D eigenvalue weighted by Crippen LogP contribution is -1.97. The molecule has 0 spiro atoms. The van der Waals surface area contributed by atoms with Crippen LogP contribution in [0.15, 0.2) is 23.4 Å². The van der Waals surface area contributed by atoms with E-state index in [1.54, 1.807) is 24.2 Å². The number of nitrogens with zero attached hydrogens (tertiary/aromatic N) is 3.